The van der Waals surface area contributed by atoms with Crippen molar-refractivity contribution >= 4 is 11.6 Å². The molecule has 0 unspecified atom stereocenters. The highest BCUT2D eigenvalue weighted by Crippen LogP contribution is 2.21. The lowest BCUT2D eigenvalue weighted by Crippen LogP contribution is -2.37. The Morgan fingerprint density at radius 1 is 0.935 bits per heavy atom. The first-order chi connectivity index (χ1) is 15.0. The average molecular weight is 424 g/mol. The van der Waals surface area contributed by atoms with Gasteiger partial charge in [-0.2, -0.15) is 0 Å². The van der Waals surface area contributed by atoms with E-state index in [0.29, 0.717) is 17.7 Å². The second-order valence-electron chi connectivity index (χ2n) is 7.30. The van der Waals surface area contributed by atoms with Gasteiger partial charge >= 0.3 is 0 Å². The summed E-state index contributed by atoms with van der Waals surface area (Å²) in [7, 11) is 0. The van der Waals surface area contributed by atoms with Crippen LogP contribution in [-0.4, -0.2) is 29.2 Å². The molecule has 3 aromatic carbocycles. The smallest absolute Gasteiger partial charge is 0.254 e. The summed E-state index contributed by atoms with van der Waals surface area (Å²) >= 11 is 0. The summed E-state index contributed by atoms with van der Waals surface area (Å²) in [5.74, 6) is -1.64. The van der Waals surface area contributed by atoms with Gasteiger partial charge in [0.25, 0.3) is 5.91 Å². The molecule has 1 heterocycles. The monoisotopic (exact) mass is 424 g/mol. The van der Waals surface area contributed by atoms with Gasteiger partial charge in [-0.3, -0.25) is 4.79 Å². The van der Waals surface area contributed by atoms with Crippen LogP contribution in [0.3, 0.4) is 0 Å². The molecular weight excluding hydrogens is 405 g/mol. The Morgan fingerprint density at radius 2 is 1.65 bits per heavy atom. The zero-order valence-electron chi connectivity index (χ0n) is 16.5. The molecule has 1 atom stereocenters. The number of carbonyl (C=O) groups is 1. The third-order valence-electron chi connectivity index (χ3n) is 4.96. The summed E-state index contributed by atoms with van der Waals surface area (Å²) in [5.41, 5.74) is 2.12. The van der Waals surface area contributed by atoms with Crippen molar-refractivity contribution in [3.05, 3.63) is 107 Å². The summed E-state index contributed by atoms with van der Waals surface area (Å²) in [5, 5.41) is 4.05. The van der Waals surface area contributed by atoms with Crippen LogP contribution in [0.25, 0.3) is 0 Å². The molecule has 4 rings (SSSR count). The fourth-order valence-corrected chi connectivity index (χ4v) is 3.44. The molecule has 0 bridgehead atoms. The quantitative estimate of drug-likeness (QED) is 0.563. The van der Waals surface area contributed by atoms with E-state index < -0.39 is 11.9 Å². The van der Waals surface area contributed by atoms with Crippen molar-refractivity contribution in [2.45, 2.75) is 19.1 Å². The maximum Gasteiger partial charge on any atom is 0.254 e. The van der Waals surface area contributed by atoms with E-state index in [-0.39, 0.29) is 36.2 Å². The molecule has 0 radical (unpaired) electrons. The van der Waals surface area contributed by atoms with Crippen LogP contribution in [0.1, 0.15) is 27.9 Å². The SMILES string of the molecule is O=C(c1cccc(F)c1)N(Cc1ccc(F)cc1)C[C@@H]1CC(c2cccc(F)c2)=NO1. The van der Waals surface area contributed by atoms with E-state index in [2.05, 4.69) is 5.16 Å². The highest BCUT2D eigenvalue weighted by Gasteiger charge is 2.27. The molecule has 0 fully saturated rings. The lowest BCUT2D eigenvalue weighted by Gasteiger charge is -2.25. The number of nitrogens with zero attached hydrogens (tertiary/aromatic N) is 2. The number of hydrogen-bond acceptors (Lipinski definition) is 3. The lowest BCUT2D eigenvalue weighted by atomic mass is 10.0. The third kappa shape index (κ3) is 5.12. The van der Waals surface area contributed by atoms with Crippen LogP contribution in [-0.2, 0) is 11.4 Å². The van der Waals surface area contributed by atoms with Gasteiger partial charge in [0.15, 0.2) is 6.10 Å². The van der Waals surface area contributed by atoms with Crippen molar-refractivity contribution in [1.29, 1.82) is 0 Å². The van der Waals surface area contributed by atoms with Crippen molar-refractivity contribution in [2.24, 2.45) is 5.16 Å². The summed E-state index contributed by atoms with van der Waals surface area (Å²) in [4.78, 5) is 20.1. The Morgan fingerprint density at radius 3 is 2.35 bits per heavy atom. The zero-order chi connectivity index (χ0) is 21.8. The Labute approximate surface area is 177 Å². The first-order valence-electron chi connectivity index (χ1n) is 9.76. The standard InChI is InChI=1S/C24H19F3N2O2/c25-19-9-7-16(8-10-19)14-29(24(30)18-4-2-6-21(27)12-18)15-22-13-23(28-31-22)17-3-1-5-20(26)11-17/h1-12,22H,13-15H2/t22-/m0/s1. The van der Waals surface area contributed by atoms with Gasteiger partial charge in [-0.15, -0.1) is 0 Å². The van der Waals surface area contributed by atoms with Crippen molar-refractivity contribution in [3.8, 4) is 0 Å². The van der Waals surface area contributed by atoms with Crippen LogP contribution in [0.2, 0.25) is 0 Å². The van der Waals surface area contributed by atoms with Crippen LogP contribution in [0.5, 0.6) is 0 Å². The Bertz CT molecular complexity index is 1120. The maximum absolute atomic E-state index is 13.7. The van der Waals surface area contributed by atoms with E-state index in [1.807, 2.05) is 0 Å². The van der Waals surface area contributed by atoms with Gasteiger partial charge < -0.3 is 9.74 Å². The molecule has 1 aliphatic heterocycles. The normalized spacial score (nSPS) is 15.3. The van der Waals surface area contributed by atoms with Crippen molar-refractivity contribution < 1.29 is 22.8 Å². The van der Waals surface area contributed by atoms with Crippen molar-refractivity contribution in [3.63, 3.8) is 0 Å². The van der Waals surface area contributed by atoms with Gasteiger partial charge in [-0.25, -0.2) is 13.2 Å². The minimum atomic E-state index is -0.513. The zero-order valence-corrected chi connectivity index (χ0v) is 16.5. The molecule has 31 heavy (non-hydrogen) atoms. The van der Waals surface area contributed by atoms with Crippen LogP contribution in [0.15, 0.2) is 78.0 Å². The fourth-order valence-electron chi connectivity index (χ4n) is 3.44. The topological polar surface area (TPSA) is 41.9 Å². The van der Waals surface area contributed by atoms with Crippen LogP contribution in [0, 0.1) is 17.5 Å². The predicted octanol–water partition coefficient (Wildman–Crippen LogP) is 4.94. The van der Waals surface area contributed by atoms with E-state index in [1.165, 1.54) is 53.4 Å². The second-order valence-corrected chi connectivity index (χ2v) is 7.30. The molecule has 0 spiro atoms. The summed E-state index contributed by atoms with van der Waals surface area (Å²) in [6.07, 6.45) is -0.0592. The Hall–Kier alpha value is -3.61. The number of carbonyl (C=O) groups excluding carboxylic acids is 1. The molecule has 0 aromatic heterocycles. The maximum atomic E-state index is 13.7. The number of halogens is 3. The van der Waals surface area contributed by atoms with Gasteiger partial charge in [0.1, 0.15) is 17.5 Å². The highest BCUT2D eigenvalue weighted by molar-refractivity contribution is 6.01. The Balaban J connectivity index is 1.52. The second kappa shape index (κ2) is 9.04. The van der Waals surface area contributed by atoms with Gasteiger partial charge in [-0.05, 0) is 48.0 Å². The third-order valence-corrected chi connectivity index (χ3v) is 4.96. The van der Waals surface area contributed by atoms with E-state index in [9.17, 15) is 18.0 Å². The molecule has 0 saturated heterocycles. The van der Waals surface area contributed by atoms with Gasteiger partial charge in [0.2, 0.25) is 0 Å². The van der Waals surface area contributed by atoms with E-state index in [4.69, 9.17) is 4.84 Å². The molecule has 0 saturated carbocycles. The van der Waals surface area contributed by atoms with Gasteiger partial charge in [0, 0.05) is 24.1 Å². The number of rotatable bonds is 6. The van der Waals surface area contributed by atoms with Gasteiger partial charge in [-0.1, -0.05) is 35.5 Å². The summed E-state index contributed by atoms with van der Waals surface area (Å²) in [6, 6.07) is 17.3. The number of benzene rings is 3. The average Bonchev–Trinajstić information content (AvgIpc) is 3.23. The molecule has 1 aliphatic rings. The van der Waals surface area contributed by atoms with Gasteiger partial charge in [0.05, 0.1) is 12.3 Å². The molecule has 7 heteroatoms. The minimum Gasteiger partial charge on any atom is -0.390 e. The first-order valence-corrected chi connectivity index (χ1v) is 9.76. The summed E-state index contributed by atoms with van der Waals surface area (Å²) < 4.78 is 40.4. The molecule has 3 aromatic rings. The van der Waals surface area contributed by atoms with Crippen LogP contribution in [0.4, 0.5) is 13.2 Å². The fraction of sp³-hybridized carbons (Fsp3) is 0.167. The lowest BCUT2D eigenvalue weighted by molar-refractivity contribution is 0.0405. The molecule has 1 amide bonds. The number of amides is 1. The molecular formula is C24H19F3N2O2. The molecule has 158 valence electrons. The highest BCUT2D eigenvalue weighted by atomic mass is 19.1. The van der Waals surface area contributed by atoms with E-state index in [0.717, 1.165) is 5.56 Å². The van der Waals surface area contributed by atoms with Crippen molar-refractivity contribution in [2.75, 3.05) is 6.54 Å². The number of hydrogen-bond donors (Lipinski definition) is 0. The van der Waals surface area contributed by atoms with E-state index >= 15 is 0 Å². The Kier molecular flexibility index (Phi) is 6.02. The van der Waals surface area contributed by atoms with Crippen LogP contribution >= 0.6 is 0 Å². The molecule has 0 N–H and O–H groups in total. The number of oxime groups is 1. The summed E-state index contributed by atoms with van der Waals surface area (Å²) in [6.45, 7) is 0.361. The van der Waals surface area contributed by atoms with Crippen LogP contribution < -0.4 is 0 Å². The first kappa shape index (κ1) is 20.7. The minimum absolute atomic E-state index is 0.176. The molecule has 0 aliphatic carbocycles. The predicted molar refractivity (Wildman–Crippen MR) is 110 cm³/mol. The largest absolute Gasteiger partial charge is 0.390 e. The van der Waals surface area contributed by atoms with E-state index in [1.54, 1.807) is 24.3 Å². The molecule has 4 nitrogen and oxygen atoms in total. The van der Waals surface area contributed by atoms with Crippen molar-refractivity contribution in [1.82, 2.24) is 4.90 Å².